The minimum Gasteiger partial charge on any atom is -0.365 e. The number of hydrogen-bond donors (Lipinski definition) is 2. The number of nitrogens with one attached hydrogen (secondary N) is 2. The predicted octanol–water partition coefficient (Wildman–Crippen LogP) is 2.61. The fourth-order valence-electron chi connectivity index (χ4n) is 4.27. The molecule has 2 N–H and O–H groups in total. The summed E-state index contributed by atoms with van der Waals surface area (Å²) in [6.45, 7) is 9.43. The molecular formula is C19H30ClN7OS. The molecule has 2 aromatic heterocycles. The van der Waals surface area contributed by atoms with Gasteiger partial charge in [0, 0.05) is 53.5 Å². The zero-order valence-corrected chi connectivity index (χ0v) is 19.5. The Labute approximate surface area is 179 Å². The van der Waals surface area contributed by atoms with Crippen molar-refractivity contribution < 1.29 is 4.21 Å². The zero-order chi connectivity index (χ0) is 21.4. The van der Waals surface area contributed by atoms with Gasteiger partial charge >= 0.3 is 0 Å². The first-order chi connectivity index (χ1) is 13.5. The summed E-state index contributed by atoms with van der Waals surface area (Å²) in [5.74, 6) is 1.81. The van der Waals surface area contributed by atoms with Crippen LogP contribution in [-0.4, -0.2) is 66.9 Å². The van der Waals surface area contributed by atoms with Gasteiger partial charge in [0.25, 0.3) is 0 Å². The summed E-state index contributed by atoms with van der Waals surface area (Å²) in [4.78, 5) is 19.6. The second kappa shape index (κ2) is 8.28. The van der Waals surface area contributed by atoms with Crippen molar-refractivity contribution in [2.45, 2.75) is 57.7 Å². The van der Waals surface area contributed by atoms with Crippen LogP contribution in [0.15, 0.2) is 6.33 Å². The molecule has 3 heterocycles. The number of halogens is 1. The Bertz CT molecular complexity index is 905. The molecule has 0 aromatic carbocycles. The van der Waals surface area contributed by atoms with Crippen LogP contribution in [0.3, 0.4) is 0 Å². The van der Waals surface area contributed by atoms with E-state index in [1.807, 2.05) is 11.9 Å². The first-order valence-corrected chi connectivity index (χ1v) is 11.8. The van der Waals surface area contributed by atoms with Gasteiger partial charge in [-0.1, -0.05) is 0 Å². The van der Waals surface area contributed by atoms with Gasteiger partial charge < -0.3 is 15.5 Å². The summed E-state index contributed by atoms with van der Waals surface area (Å²) in [6, 6.07) is 0.233. The van der Waals surface area contributed by atoms with Crippen LogP contribution in [-0.2, 0) is 10.8 Å². The Kier molecular flexibility index (Phi) is 6.31. The Balaban J connectivity index is 1.94. The van der Waals surface area contributed by atoms with Gasteiger partial charge in [0.05, 0.1) is 0 Å². The molecule has 0 saturated carbocycles. The maximum atomic E-state index is 11.5. The van der Waals surface area contributed by atoms with Crippen LogP contribution in [0.5, 0.6) is 0 Å². The molecular weight excluding hydrogens is 410 g/mol. The summed E-state index contributed by atoms with van der Waals surface area (Å²) in [5, 5.41) is 7.40. The number of anilines is 2. The minimum absolute atomic E-state index is 0.00998. The second-order valence-electron chi connectivity index (χ2n) is 9.08. The smallest absolute Gasteiger partial charge is 0.225 e. The van der Waals surface area contributed by atoms with Gasteiger partial charge in [-0.05, 0) is 52.1 Å². The van der Waals surface area contributed by atoms with Gasteiger partial charge in [-0.25, -0.2) is 15.0 Å². The van der Waals surface area contributed by atoms with Crippen LogP contribution in [0.25, 0.3) is 11.0 Å². The monoisotopic (exact) mass is 439 g/mol. The third-order valence-electron chi connectivity index (χ3n) is 5.04. The number of rotatable bonds is 6. The van der Waals surface area contributed by atoms with Gasteiger partial charge in [-0.15, -0.1) is 0 Å². The maximum absolute atomic E-state index is 11.5. The molecule has 0 amide bonds. The Morgan fingerprint density at radius 3 is 2.48 bits per heavy atom. The quantitative estimate of drug-likeness (QED) is 0.663. The van der Waals surface area contributed by atoms with E-state index in [2.05, 4.69) is 58.3 Å². The second-order valence-corrected chi connectivity index (χ2v) is 11.0. The van der Waals surface area contributed by atoms with Crippen molar-refractivity contribution >= 4 is 45.1 Å². The lowest BCUT2D eigenvalue weighted by Gasteiger charge is -2.46. The predicted molar refractivity (Wildman–Crippen MR) is 120 cm³/mol. The highest BCUT2D eigenvalue weighted by molar-refractivity contribution is 7.84. The summed E-state index contributed by atoms with van der Waals surface area (Å²) in [7, 11) is 0.995. The average Bonchev–Trinajstić information content (AvgIpc) is 2.56. The lowest BCUT2D eigenvalue weighted by atomic mass is 9.79. The van der Waals surface area contributed by atoms with Crippen LogP contribution in [0, 0.1) is 0 Å². The summed E-state index contributed by atoms with van der Waals surface area (Å²) in [5.41, 5.74) is 1.25. The number of fused-ring (bicyclic) bond motifs is 1. The molecule has 2 aromatic rings. The van der Waals surface area contributed by atoms with E-state index in [-0.39, 0.29) is 22.4 Å². The molecule has 160 valence electrons. The molecule has 1 aliphatic rings. The highest BCUT2D eigenvalue weighted by atomic mass is 35.5. The SMILES string of the molecule is CN(CCS(C)=O)c1nc(Cl)nc2c(NC3CC(C)(C)NC(C)(C)C3)ncnc12. The van der Waals surface area contributed by atoms with Gasteiger partial charge in [-0.3, -0.25) is 4.21 Å². The van der Waals surface area contributed by atoms with Crippen LogP contribution in [0.1, 0.15) is 40.5 Å². The number of aromatic nitrogens is 4. The van der Waals surface area contributed by atoms with Gasteiger partial charge in [0.15, 0.2) is 11.6 Å². The first-order valence-electron chi connectivity index (χ1n) is 9.71. The van der Waals surface area contributed by atoms with Crippen molar-refractivity contribution in [2.75, 3.05) is 35.8 Å². The maximum Gasteiger partial charge on any atom is 0.225 e. The molecule has 0 bridgehead atoms. The molecule has 0 aliphatic carbocycles. The van der Waals surface area contributed by atoms with Crippen LogP contribution in [0.2, 0.25) is 5.28 Å². The number of nitrogens with zero attached hydrogens (tertiary/aromatic N) is 5. The fourth-order valence-corrected chi connectivity index (χ4v) is 4.96. The van der Waals surface area contributed by atoms with Crippen LogP contribution in [0.4, 0.5) is 11.6 Å². The molecule has 1 atom stereocenters. The van der Waals surface area contributed by atoms with E-state index in [4.69, 9.17) is 11.6 Å². The molecule has 3 rings (SSSR count). The van der Waals surface area contributed by atoms with Gasteiger partial charge in [-0.2, -0.15) is 4.98 Å². The van der Waals surface area contributed by atoms with Gasteiger partial charge in [0.2, 0.25) is 5.28 Å². The summed E-state index contributed by atoms with van der Waals surface area (Å²) >= 11 is 6.23. The highest BCUT2D eigenvalue weighted by Crippen LogP contribution is 2.32. The minimum atomic E-state index is -0.892. The van der Waals surface area contributed by atoms with Crippen LogP contribution >= 0.6 is 11.6 Å². The lowest BCUT2D eigenvalue weighted by molar-refractivity contribution is 0.170. The molecule has 0 spiro atoms. The molecule has 1 saturated heterocycles. The highest BCUT2D eigenvalue weighted by Gasteiger charge is 2.38. The van der Waals surface area contributed by atoms with Crippen molar-refractivity contribution in [2.24, 2.45) is 0 Å². The van der Waals surface area contributed by atoms with Crippen molar-refractivity contribution in [1.29, 1.82) is 0 Å². The van der Waals surface area contributed by atoms with Crippen molar-refractivity contribution in [3.8, 4) is 0 Å². The van der Waals surface area contributed by atoms with E-state index in [0.29, 0.717) is 35.0 Å². The first kappa shape index (κ1) is 22.1. The van der Waals surface area contributed by atoms with E-state index in [1.165, 1.54) is 6.33 Å². The summed E-state index contributed by atoms with van der Waals surface area (Å²) < 4.78 is 11.5. The zero-order valence-electron chi connectivity index (χ0n) is 17.9. The molecule has 1 aliphatic heterocycles. The third-order valence-corrected chi connectivity index (χ3v) is 5.97. The Morgan fingerprint density at radius 1 is 1.21 bits per heavy atom. The molecule has 0 radical (unpaired) electrons. The van der Waals surface area contributed by atoms with E-state index in [1.54, 1.807) is 6.26 Å². The van der Waals surface area contributed by atoms with E-state index < -0.39 is 10.8 Å². The Hall–Kier alpha value is -1.58. The standard InChI is InChI=1S/C19H30ClN7OS/c1-18(2)9-12(10-19(3,4)26-18)23-15-13-14(21-11-22-15)16(25-17(20)24-13)27(5)7-8-29(6)28/h11-12,26H,7-10H2,1-6H3,(H,21,22,23). The Morgan fingerprint density at radius 2 is 1.86 bits per heavy atom. The molecule has 8 nitrogen and oxygen atoms in total. The molecule has 1 unspecified atom stereocenters. The molecule has 1 fully saturated rings. The number of hydrogen-bond acceptors (Lipinski definition) is 8. The van der Waals surface area contributed by atoms with E-state index in [0.717, 1.165) is 12.8 Å². The summed E-state index contributed by atoms with van der Waals surface area (Å²) in [6.07, 6.45) is 5.12. The molecule has 10 heteroatoms. The van der Waals surface area contributed by atoms with E-state index in [9.17, 15) is 4.21 Å². The topological polar surface area (TPSA) is 95.9 Å². The van der Waals surface area contributed by atoms with Crippen LogP contribution < -0.4 is 15.5 Å². The fraction of sp³-hybridized carbons (Fsp3) is 0.684. The lowest BCUT2D eigenvalue weighted by Crippen LogP contribution is -2.60. The third kappa shape index (κ3) is 5.52. The van der Waals surface area contributed by atoms with Crippen molar-refractivity contribution in [3.05, 3.63) is 11.6 Å². The van der Waals surface area contributed by atoms with Crippen molar-refractivity contribution in [3.63, 3.8) is 0 Å². The number of piperidine rings is 1. The largest absolute Gasteiger partial charge is 0.365 e. The molecule has 29 heavy (non-hydrogen) atoms. The van der Waals surface area contributed by atoms with Crippen molar-refractivity contribution in [1.82, 2.24) is 25.3 Å². The van der Waals surface area contributed by atoms with E-state index >= 15 is 0 Å². The van der Waals surface area contributed by atoms with Gasteiger partial charge in [0.1, 0.15) is 17.4 Å². The normalized spacial score (nSPS) is 19.8. The average molecular weight is 440 g/mol.